The molecule has 1 N–H and O–H groups in total. The quantitative estimate of drug-likeness (QED) is 0.732. The first-order chi connectivity index (χ1) is 8.24. The fourth-order valence-corrected chi connectivity index (χ4v) is 2.05. The monoisotopic (exact) mass is 238 g/mol. The molecule has 0 aliphatic carbocycles. The number of aryl methyl sites for hydroxylation is 1. The first-order valence-corrected chi connectivity index (χ1v) is 5.94. The van der Waals surface area contributed by atoms with E-state index in [4.69, 9.17) is 4.74 Å². The topological polar surface area (TPSA) is 69.0 Å². The van der Waals surface area contributed by atoms with Crippen LogP contribution in [-0.2, 0) is 11.8 Å². The largest absolute Gasteiger partial charge is 0.379 e. The minimum absolute atomic E-state index is 0.0589. The second-order valence-corrected chi connectivity index (χ2v) is 4.31. The van der Waals surface area contributed by atoms with Crippen molar-refractivity contribution in [3.05, 3.63) is 11.9 Å². The molecule has 0 bridgehead atoms. The number of rotatable bonds is 5. The van der Waals surface area contributed by atoms with Crippen molar-refractivity contribution in [3.63, 3.8) is 0 Å². The van der Waals surface area contributed by atoms with E-state index in [1.54, 1.807) is 7.05 Å². The van der Waals surface area contributed by atoms with Gasteiger partial charge >= 0.3 is 0 Å². The fraction of sp³-hybridized carbons (Fsp3) is 0.727. The molecule has 0 aromatic carbocycles. The van der Waals surface area contributed by atoms with Crippen LogP contribution in [0.5, 0.6) is 0 Å². The van der Waals surface area contributed by atoms with Gasteiger partial charge in [0.15, 0.2) is 5.78 Å². The first kappa shape index (κ1) is 12.2. The number of ether oxygens (including phenoxy) is 1. The molecule has 1 aliphatic rings. The van der Waals surface area contributed by atoms with E-state index in [2.05, 4.69) is 22.6 Å². The number of aromatic nitrogens is 3. The Labute approximate surface area is 100 Å². The van der Waals surface area contributed by atoms with Crippen molar-refractivity contribution in [2.45, 2.75) is 19.4 Å². The summed E-state index contributed by atoms with van der Waals surface area (Å²) in [5, 5.41) is 10.9. The van der Waals surface area contributed by atoms with Crippen molar-refractivity contribution in [1.29, 1.82) is 0 Å². The zero-order valence-corrected chi connectivity index (χ0v) is 10.2. The molecule has 1 aromatic rings. The van der Waals surface area contributed by atoms with Gasteiger partial charge in [0, 0.05) is 13.1 Å². The zero-order valence-electron chi connectivity index (χ0n) is 10.2. The van der Waals surface area contributed by atoms with Crippen LogP contribution in [0.15, 0.2) is 6.20 Å². The molecule has 1 aromatic heterocycles. The molecule has 2 unspecified atom stereocenters. The summed E-state index contributed by atoms with van der Waals surface area (Å²) in [5.74, 6) is -0.0673. The first-order valence-electron chi connectivity index (χ1n) is 5.94. The Balaban J connectivity index is 2.06. The normalized spacial score (nSPS) is 24.1. The molecule has 0 amide bonds. The van der Waals surface area contributed by atoms with Gasteiger partial charge in [-0.1, -0.05) is 12.1 Å². The van der Waals surface area contributed by atoms with Gasteiger partial charge in [-0.25, -0.2) is 4.68 Å². The summed E-state index contributed by atoms with van der Waals surface area (Å²) in [5.41, 5.74) is 0.545. The van der Waals surface area contributed by atoms with Crippen molar-refractivity contribution in [2.24, 2.45) is 13.0 Å². The van der Waals surface area contributed by atoms with Gasteiger partial charge in [0.05, 0.1) is 25.3 Å². The second kappa shape index (κ2) is 5.37. The third kappa shape index (κ3) is 2.53. The standard InChI is InChI=1S/C11H18N4O2/c1-3-4-12-9-7-17-6-8(9)11(16)10-5-13-14-15(10)2/h5,8-9,12H,3-4,6-7H2,1-2H3. The highest BCUT2D eigenvalue weighted by molar-refractivity contribution is 5.96. The van der Waals surface area contributed by atoms with Crippen LogP contribution in [0.4, 0.5) is 0 Å². The maximum atomic E-state index is 12.3. The van der Waals surface area contributed by atoms with E-state index in [0.717, 1.165) is 13.0 Å². The molecule has 1 saturated heterocycles. The van der Waals surface area contributed by atoms with Crippen LogP contribution in [0.1, 0.15) is 23.8 Å². The summed E-state index contributed by atoms with van der Waals surface area (Å²) < 4.78 is 6.90. The number of carbonyl (C=O) groups is 1. The Morgan fingerprint density at radius 1 is 1.65 bits per heavy atom. The lowest BCUT2D eigenvalue weighted by atomic mass is 9.96. The summed E-state index contributed by atoms with van der Waals surface area (Å²) in [6, 6.07) is 0.109. The van der Waals surface area contributed by atoms with Gasteiger partial charge in [0.2, 0.25) is 0 Å². The lowest BCUT2D eigenvalue weighted by Gasteiger charge is -2.17. The number of Topliss-reactive ketones (excluding diaryl/α,β-unsaturated/α-hetero) is 1. The summed E-state index contributed by atoms with van der Waals surface area (Å²) >= 11 is 0. The predicted octanol–water partition coefficient (Wildman–Crippen LogP) is 0.0124. The van der Waals surface area contributed by atoms with E-state index in [1.807, 2.05) is 0 Å². The number of nitrogens with one attached hydrogen (secondary N) is 1. The SMILES string of the molecule is CCCNC1COCC1C(=O)c1cnnn1C. The van der Waals surface area contributed by atoms with Gasteiger partial charge < -0.3 is 10.1 Å². The number of hydrogen-bond acceptors (Lipinski definition) is 5. The van der Waals surface area contributed by atoms with Gasteiger partial charge in [-0.05, 0) is 13.0 Å². The van der Waals surface area contributed by atoms with Crippen LogP contribution in [0, 0.1) is 5.92 Å². The zero-order chi connectivity index (χ0) is 12.3. The molecule has 94 valence electrons. The molecule has 0 saturated carbocycles. The van der Waals surface area contributed by atoms with Crippen molar-refractivity contribution in [1.82, 2.24) is 20.3 Å². The minimum atomic E-state index is -0.126. The average molecular weight is 238 g/mol. The van der Waals surface area contributed by atoms with Crippen molar-refractivity contribution >= 4 is 5.78 Å². The van der Waals surface area contributed by atoms with Gasteiger partial charge in [0.1, 0.15) is 5.69 Å². The van der Waals surface area contributed by atoms with Crippen LogP contribution < -0.4 is 5.32 Å². The third-order valence-electron chi connectivity index (χ3n) is 3.04. The Hall–Kier alpha value is -1.27. The number of ketones is 1. The van der Waals surface area contributed by atoms with Crippen molar-refractivity contribution < 1.29 is 9.53 Å². The third-order valence-corrected chi connectivity index (χ3v) is 3.04. The Morgan fingerprint density at radius 2 is 2.47 bits per heavy atom. The fourth-order valence-electron chi connectivity index (χ4n) is 2.05. The van der Waals surface area contributed by atoms with Gasteiger partial charge in [0.25, 0.3) is 0 Å². The molecule has 6 nitrogen and oxygen atoms in total. The average Bonchev–Trinajstić information content (AvgIpc) is 2.94. The van der Waals surface area contributed by atoms with E-state index < -0.39 is 0 Å². The highest BCUT2D eigenvalue weighted by atomic mass is 16.5. The Morgan fingerprint density at radius 3 is 3.12 bits per heavy atom. The van der Waals surface area contributed by atoms with E-state index in [9.17, 15) is 4.79 Å². The highest BCUT2D eigenvalue weighted by Gasteiger charge is 2.35. The molecule has 2 rings (SSSR count). The number of hydrogen-bond donors (Lipinski definition) is 1. The lowest BCUT2D eigenvalue weighted by molar-refractivity contribution is 0.0881. The maximum Gasteiger partial charge on any atom is 0.189 e. The molecule has 2 atom stereocenters. The van der Waals surface area contributed by atoms with E-state index in [-0.39, 0.29) is 17.7 Å². The summed E-state index contributed by atoms with van der Waals surface area (Å²) in [6.07, 6.45) is 2.56. The van der Waals surface area contributed by atoms with Gasteiger partial charge in [-0.15, -0.1) is 5.10 Å². The van der Waals surface area contributed by atoms with Crippen LogP contribution in [0.2, 0.25) is 0 Å². The molecule has 0 spiro atoms. The van der Waals surface area contributed by atoms with Crippen molar-refractivity contribution in [2.75, 3.05) is 19.8 Å². The number of nitrogens with zero attached hydrogens (tertiary/aromatic N) is 3. The highest BCUT2D eigenvalue weighted by Crippen LogP contribution is 2.18. The van der Waals surface area contributed by atoms with Crippen LogP contribution in [0.3, 0.4) is 0 Å². The van der Waals surface area contributed by atoms with E-state index in [0.29, 0.717) is 18.9 Å². The van der Waals surface area contributed by atoms with Crippen LogP contribution in [0.25, 0.3) is 0 Å². The van der Waals surface area contributed by atoms with Crippen molar-refractivity contribution in [3.8, 4) is 0 Å². The summed E-state index contributed by atoms with van der Waals surface area (Å²) in [7, 11) is 1.73. The minimum Gasteiger partial charge on any atom is -0.379 e. The van der Waals surface area contributed by atoms with Gasteiger partial charge in [-0.2, -0.15) is 0 Å². The molecular weight excluding hydrogens is 220 g/mol. The molecule has 1 aliphatic heterocycles. The van der Waals surface area contributed by atoms with Crippen LogP contribution in [-0.4, -0.2) is 46.6 Å². The lowest BCUT2D eigenvalue weighted by Crippen LogP contribution is -2.40. The Kier molecular flexibility index (Phi) is 3.86. The van der Waals surface area contributed by atoms with Gasteiger partial charge in [-0.3, -0.25) is 4.79 Å². The number of carbonyl (C=O) groups excluding carboxylic acids is 1. The maximum absolute atomic E-state index is 12.3. The molecule has 17 heavy (non-hydrogen) atoms. The predicted molar refractivity (Wildman–Crippen MR) is 61.7 cm³/mol. The summed E-state index contributed by atoms with van der Waals surface area (Å²) in [6.45, 7) is 4.08. The summed E-state index contributed by atoms with van der Waals surface area (Å²) in [4.78, 5) is 12.3. The van der Waals surface area contributed by atoms with E-state index >= 15 is 0 Å². The molecule has 1 fully saturated rings. The van der Waals surface area contributed by atoms with Crippen LogP contribution >= 0.6 is 0 Å². The Bertz CT molecular complexity index is 391. The molecule has 0 radical (unpaired) electrons. The molecular formula is C11H18N4O2. The smallest absolute Gasteiger partial charge is 0.189 e. The molecule has 6 heteroatoms. The molecule has 2 heterocycles. The van der Waals surface area contributed by atoms with E-state index in [1.165, 1.54) is 10.9 Å². The second-order valence-electron chi connectivity index (χ2n) is 4.31.